The molecule has 0 saturated heterocycles. The van der Waals surface area contributed by atoms with Crippen molar-refractivity contribution in [1.29, 1.82) is 0 Å². The van der Waals surface area contributed by atoms with E-state index in [1.54, 1.807) is 13.4 Å². The van der Waals surface area contributed by atoms with E-state index in [1.807, 2.05) is 42.5 Å². The molecule has 0 aliphatic rings. The van der Waals surface area contributed by atoms with E-state index < -0.39 is 0 Å². The number of nitrogens with one attached hydrogen (secondary N) is 1. The van der Waals surface area contributed by atoms with Gasteiger partial charge in [0.2, 0.25) is 11.9 Å². The predicted octanol–water partition coefficient (Wildman–Crippen LogP) is 4.73. The lowest BCUT2D eigenvalue weighted by molar-refractivity contribution is -0.115. The Hall–Kier alpha value is -3.28. The number of para-hydroxylation sites is 2. The van der Waals surface area contributed by atoms with Crippen molar-refractivity contribution in [3.05, 3.63) is 54.3 Å². The van der Waals surface area contributed by atoms with Crippen molar-refractivity contribution in [1.82, 2.24) is 9.55 Å². The number of carbonyl (C=O) groups is 1. The Kier molecular flexibility index (Phi) is 4.34. The molecular weight excluding hydrogens is 354 g/mol. The van der Waals surface area contributed by atoms with Gasteiger partial charge in [-0.2, -0.15) is 0 Å². The van der Waals surface area contributed by atoms with Crippen molar-refractivity contribution < 1.29 is 13.9 Å². The number of carbonyl (C=O) groups excluding carboxylic acids is 1. The average molecular weight is 377 g/mol. The molecule has 0 spiro atoms. The molecule has 2 heterocycles. The van der Waals surface area contributed by atoms with Crippen LogP contribution in [0.15, 0.2) is 53.1 Å². The molecule has 0 aliphatic carbocycles. The molecule has 0 atom stereocenters. The molecule has 0 bridgehead atoms. The van der Waals surface area contributed by atoms with Crippen LogP contribution in [0, 0.1) is 0 Å². The lowest BCUT2D eigenvalue weighted by Gasteiger charge is -2.24. The fourth-order valence-electron chi connectivity index (χ4n) is 3.46. The second kappa shape index (κ2) is 6.71. The summed E-state index contributed by atoms with van der Waals surface area (Å²) in [6, 6.07) is 13.5. The number of aromatic nitrogens is 2. The maximum Gasteiger partial charge on any atom is 0.231 e. The molecule has 0 saturated carbocycles. The summed E-state index contributed by atoms with van der Waals surface area (Å²) in [5.41, 5.74) is 3.15. The van der Waals surface area contributed by atoms with Crippen LogP contribution in [0.4, 0.5) is 5.95 Å². The van der Waals surface area contributed by atoms with Crippen molar-refractivity contribution in [2.75, 3.05) is 12.4 Å². The number of ether oxygens (including phenoxy) is 1. The van der Waals surface area contributed by atoms with Gasteiger partial charge in [-0.25, -0.2) is 4.98 Å². The standard InChI is InChI=1S/C22H23N3O3/c1-22(2,3)25-18-8-6-5-7-17(18)23-21(25)24-20(26)11-14-13-28-19-12-15(27-4)9-10-16(14)19/h5-10,12-13H,11H2,1-4H3,(H,23,24,26). The Labute approximate surface area is 163 Å². The topological polar surface area (TPSA) is 69.3 Å². The number of methoxy groups -OCH3 is 1. The van der Waals surface area contributed by atoms with E-state index in [0.717, 1.165) is 27.7 Å². The predicted molar refractivity (Wildman–Crippen MR) is 110 cm³/mol. The van der Waals surface area contributed by atoms with Gasteiger partial charge in [0.25, 0.3) is 0 Å². The molecule has 28 heavy (non-hydrogen) atoms. The highest BCUT2D eigenvalue weighted by molar-refractivity contribution is 5.95. The fourth-order valence-corrected chi connectivity index (χ4v) is 3.46. The quantitative estimate of drug-likeness (QED) is 0.558. The molecule has 2 aromatic carbocycles. The van der Waals surface area contributed by atoms with Gasteiger partial charge in [-0.05, 0) is 45.0 Å². The lowest BCUT2D eigenvalue weighted by atomic mass is 10.1. The van der Waals surface area contributed by atoms with Gasteiger partial charge >= 0.3 is 0 Å². The normalized spacial score (nSPS) is 11.9. The van der Waals surface area contributed by atoms with Gasteiger partial charge in [0.1, 0.15) is 11.3 Å². The second-order valence-corrected chi connectivity index (χ2v) is 7.78. The number of furan rings is 1. The van der Waals surface area contributed by atoms with Gasteiger partial charge in [0.05, 0.1) is 30.8 Å². The highest BCUT2D eigenvalue weighted by atomic mass is 16.5. The summed E-state index contributed by atoms with van der Waals surface area (Å²) in [6.45, 7) is 6.27. The Balaban J connectivity index is 1.63. The minimum absolute atomic E-state index is 0.140. The molecule has 144 valence electrons. The van der Waals surface area contributed by atoms with E-state index in [9.17, 15) is 4.79 Å². The van der Waals surface area contributed by atoms with E-state index in [4.69, 9.17) is 9.15 Å². The molecule has 1 N–H and O–H groups in total. The summed E-state index contributed by atoms with van der Waals surface area (Å²) < 4.78 is 12.9. The monoisotopic (exact) mass is 377 g/mol. The molecule has 0 unspecified atom stereocenters. The van der Waals surface area contributed by atoms with Crippen molar-refractivity contribution in [3.63, 3.8) is 0 Å². The zero-order valence-electron chi connectivity index (χ0n) is 16.4. The van der Waals surface area contributed by atoms with Gasteiger partial charge in [-0.15, -0.1) is 0 Å². The average Bonchev–Trinajstić information content (AvgIpc) is 3.21. The maximum absolute atomic E-state index is 12.8. The van der Waals surface area contributed by atoms with Gasteiger partial charge in [0, 0.05) is 22.6 Å². The number of imidazole rings is 1. The Morgan fingerprint density at radius 3 is 2.75 bits per heavy atom. The third-order valence-corrected chi connectivity index (χ3v) is 4.70. The molecule has 4 rings (SSSR count). The minimum atomic E-state index is -0.225. The van der Waals surface area contributed by atoms with Crippen molar-refractivity contribution in [2.24, 2.45) is 0 Å². The van der Waals surface area contributed by atoms with Gasteiger partial charge in [0.15, 0.2) is 0 Å². The second-order valence-electron chi connectivity index (χ2n) is 7.78. The first-order valence-corrected chi connectivity index (χ1v) is 9.19. The summed E-state index contributed by atoms with van der Waals surface area (Å²) in [4.78, 5) is 17.4. The molecule has 6 nitrogen and oxygen atoms in total. The van der Waals surface area contributed by atoms with Gasteiger partial charge in [-0.3, -0.25) is 10.1 Å². The molecule has 0 aliphatic heterocycles. The van der Waals surface area contributed by atoms with Crippen LogP contribution in [-0.4, -0.2) is 22.6 Å². The summed E-state index contributed by atoms with van der Waals surface area (Å²) in [5, 5.41) is 3.88. The largest absolute Gasteiger partial charge is 0.497 e. The molecule has 2 aromatic heterocycles. The van der Waals surface area contributed by atoms with Crippen molar-refractivity contribution in [3.8, 4) is 5.75 Å². The van der Waals surface area contributed by atoms with E-state index in [-0.39, 0.29) is 17.9 Å². The third kappa shape index (κ3) is 3.22. The number of amides is 1. The fraction of sp³-hybridized carbons (Fsp3) is 0.273. The number of rotatable bonds is 4. The summed E-state index contributed by atoms with van der Waals surface area (Å²) in [6.07, 6.45) is 1.82. The molecular formula is C22H23N3O3. The molecule has 0 radical (unpaired) electrons. The molecule has 0 fully saturated rings. The maximum atomic E-state index is 12.8. The third-order valence-electron chi connectivity index (χ3n) is 4.70. The van der Waals surface area contributed by atoms with E-state index in [1.165, 1.54) is 0 Å². The number of benzene rings is 2. The highest BCUT2D eigenvalue weighted by Crippen LogP contribution is 2.29. The smallest absolute Gasteiger partial charge is 0.231 e. The first-order valence-electron chi connectivity index (χ1n) is 9.19. The Morgan fingerprint density at radius 2 is 2.00 bits per heavy atom. The first kappa shape index (κ1) is 18.1. The van der Waals surface area contributed by atoms with Crippen LogP contribution in [-0.2, 0) is 16.8 Å². The summed E-state index contributed by atoms with van der Waals surface area (Å²) >= 11 is 0. The van der Waals surface area contributed by atoms with Crippen molar-refractivity contribution >= 4 is 33.9 Å². The summed E-state index contributed by atoms with van der Waals surface area (Å²) in [7, 11) is 1.61. The Morgan fingerprint density at radius 1 is 1.21 bits per heavy atom. The minimum Gasteiger partial charge on any atom is -0.497 e. The number of anilines is 1. The highest BCUT2D eigenvalue weighted by Gasteiger charge is 2.23. The van der Waals surface area contributed by atoms with Crippen LogP contribution < -0.4 is 10.1 Å². The van der Waals surface area contributed by atoms with Crippen LogP contribution in [0.3, 0.4) is 0 Å². The van der Waals surface area contributed by atoms with Crippen LogP contribution in [0.1, 0.15) is 26.3 Å². The van der Waals surface area contributed by atoms with Crippen LogP contribution in [0.25, 0.3) is 22.0 Å². The zero-order chi connectivity index (χ0) is 19.9. The van der Waals surface area contributed by atoms with E-state index in [0.29, 0.717) is 11.5 Å². The molecule has 4 aromatic rings. The van der Waals surface area contributed by atoms with Crippen LogP contribution >= 0.6 is 0 Å². The van der Waals surface area contributed by atoms with Gasteiger partial charge < -0.3 is 13.7 Å². The lowest BCUT2D eigenvalue weighted by Crippen LogP contribution is -2.26. The Bertz CT molecular complexity index is 1160. The van der Waals surface area contributed by atoms with E-state index >= 15 is 0 Å². The molecule has 1 amide bonds. The molecule has 6 heteroatoms. The van der Waals surface area contributed by atoms with Gasteiger partial charge in [-0.1, -0.05) is 12.1 Å². The SMILES string of the molecule is COc1ccc2c(CC(=O)Nc3nc4ccccc4n3C(C)(C)C)coc2c1. The van der Waals surface area contributed by atoms with Crippen LogP contribution in [0.5, 0.6) is 5.75 Å². The first-order chi connectivity index (χ1) is 13.4. The van der Waals surface area contributed by atoms with E-state index in [2.05, 4.69) is 35.6 Å². The van der Waals surface area contributed by atoms with Crippen LogP contribution in [0.2, 0.25) is 0 Å². The number of nitrogens with zero attached hydrogens (tertiary/aromatic N) is 2. The zero-order valence-corrected chi connectivity index (χ0v) is 16.4. The number of hydrogen-bond donors (Lipinski definition) is 1. The summed E-state index contributed by atoms with van der Waals surface area (Å²) in [5.74, 6) is 1.13. The number of hydrogen-bond acceptors (Lipinski definition) is 4. The van der Waals surface area contributed by atoms with Crippen molar-refractivity contribution in [2.45, 2.75) is 32.7 Å². The number of fused-ring (bicyclic) bond motifs is 2.